The van der Waals surface area contributed by atoms with Crippen LogP contribution in [-0.4, -0.2) is 9.97 Å². The van der Waals surface area contributed by atoms with E-state index >= 15 is 0 Å². The van der Waals surface area contributed by atoms with Crippen molar-refractivity contribution < 1.29 is 0 Å². The molecule has 0 fully saturated rings. The van der Waals surface area contributed by atoms with Crippen LogP contribution < -0.4 is 0 Å². The molecule has 0 radical (unpaired) electrons. The smallest absolute Gasteiger partial charge is 0.123 e. The quantitative estimate of drug-likeness (QED) is 0.239. The minimum atomic E-state index is -0.0138. The lowest BCUT2D eigenvalue weighted by Gasteiger charge is -2.22. The van der Waals surface area contributed by atoms with Crippen molar-refractivity contribution in [2.45, 2.75) is 53.4 Å². The number of hydrogen-bond donors (Lipinski definition) is 0. The lowest BCUT2D eigenvalue weighted by molar-refractivity contribution is 0.411. The third-order valence-corrected chi connectivity index (χ3v) is 7.78. The molecule has 5 aromatic rings. The fraction of sp³-hybridized carbons (Fsp3) is 0.265. The molecule has 3 aromatic carbocycles. The van der Waals surface area contributed by atoms with Crippen molar-refractivity contribution >= 4 is 22.1 Å². The van der Waals surface area contributed by atoms with Gasteiger partial charge in [-0.15, -0.1) is 11.3 Å². The van der Waals surface area contributed by atoms with Crippen molar-refractivity contribution in [1.82, 2.24) is 9.97 Å². The number of benzene rings is 3. The first-order valence-corrected chi connectivity index (χ1v) is 13.8. The molecule has 0 spiro atoms. The van der Waals surface area contributed by atoms with E-state index in [1.54, 1.807) is 17.5 Å². The Kier molecular flexibility index (Phi) is 6.67. The van der Waals surface area contributed by atoms with Gasteiger partial charge >= 0.3 is 0 Å². The Labute approximate surface area is 229 Å². The summed E-state index contributed by atoms with van der Waals surface area (Å²) >= 11 is 1.61. The van der Waals surface area contributed by atoms with Crippen molar-refractivity contribution in [3.8, 4) is 38.3 Å². The molecular formula is C34H33N3S. The molecule has 2 aromatic heterocycles. The van der Waals surface area contributed by atoms with Crippen molar-refractivity contribution in [1.29, 1.82) is 5.26 Å². The Balaban J connectivity index is 1.54. The highest BCUT2D eigenvalue weighted by Crippen LogP contribution is 2.38. The van der Waals surface area contributed by atoms with Crippen molar-refractivity contribution in [2.75, 3.05) is 0 Å². The first kappa shape index (κ1) is 25.8. The van der Waals surface area contributed by atoms with Gasteiger partial charge in [0.05, 0.1) is 16.1 Å². The number of nitrogens with zero attached hydrogens (tertiary/aromatic N) is 3. The summed E-state index contributed by atoms with van der Waals surface area (Å²) in [6.07, 6.45) is 4.61. The number of aromatic nitrogens is 2. The van der Waals surface area contributed by atoms with Gasteiger partial charge in [0, 0.05) is 29.1 Å². The van der Waals surface area contributed by atoms with Crippen molar-refractivity contribution in [3.05, 3.63) is 95.8 Å². The summed E-state index contributed by atoms with van der Waals surface area (Å²) in [7, 11) is 0. The Hall–Kier alpha value is -3.81. The number of fused-ring (bicyclic) bond motifs is 1. The molecule has 0 bridgehead atoms. The predicted molar refractivity (Wildman–Crippen MR) is 160 cm³/mol. The van der Waals surface area contributed by atoms with Gasteiger partial charge in [0.1, 0.15) is 11.1 Å². The first-order valence-electron chi connectivity index (χ1n) is 13.0. The molecule has 2 heterocycles. The van der Waals surface area contributed by atoms with Gasteiger partial charge in [0.15, 0.2) is 0 Å². The van der Waals surface area contributed by atoms with Crippen LogP contribution in [0.15, 0.2) is 79.1 Å². The number of hydrogen-bond acceptors (Lipinski definition) is 4. The Morgan fingerprint density at radius 3 is 2.24 bits per heavy atom. The van der Waals surface area contributed by atoms with Crippen LogP contribution in [0.2, 0.25) is 0 Å². The van der Waals surface area contributed by atoms with Crippen LogP contribution in [0.3, 0.4) is 0 Å². The summed E-state index contributed by atoms with van der Waals surface area (Å²) in [6, 6.07) is 26.0. The minimum absolute atomic E-state index is 0.0138. The monoisotopic (exact) mass is 515 g/mol. The van der Waals surface area contributed by atoms with E-state index in [1.807, 2.05) is 12.3 Å². The summed E-state index contributed by atoms with van der Waals surface area (Å²) in [5.74, 6) is 0. The molecule has 38 heavy (non-hydrogen) atoms. The third kappa shape index (κ3) is 5.39. The Bertz CT molecular complexity index is 1660. The zero-order chi connectivity index (χ0) is 27.1. The molecule has 0 atom stereocenters. The van der Waals surface area contributed by atoms with E-state index < -0.39 is 0 Å². The SMILES string of the molecule is CC(C)(C)Cc1ccc(-c2ncc(-c3cc(-c4cc(C(C)(C)C)c5ccccc5c4)ncc3C#N)s2)cc1. The topological polar surface area (TPSA) is 49.6 Å². The highest BCUT2D eigenvalue weighted by atomic mass is 32.1. The molecule has 0 saturated heterocycles. The lowest BCUT2D eigenvalue weighted by atomic mass is 9.82. The van der Waals surface area contributed by atoms with E-state index in [0.717, 1.165) is 38.7 Å². The van der Waals surface area contributed by atoms with Gasteiger partial charge in [-0.25, -0.2) is 4.98 Å². The molecule has 4 heteroatoms. The van der Waals surface area contributed by atoms with Crippen molar-refractivity contribution in [3.63, 3.8) is 0 Å². The van der Waals surface area contributed by atoms with Gasteiger partial charge < -0.3 is 0 Å². The summed E-state index contributed by atoms with van der Waals surface area (Å²) in [4.78, 5) is 10.4. The summed E-state index contributed by atoms with van der Waals surface area (Å²) in [5, 5.41) is 13.3. The van der Waals surface area contributed by atoms with E-state index in [0.29, 0.717) is 5.56 Å². The number of thiazole rings is 1. The minimum Gasteiger partial charge on any atom is -0.255 e. The van der Waals surface area contributed by atoms with Crippen molar-refractivity contribution in [2.24, 2.45) is 5.41 Å². The molecule has 0 aliphatic rings. The zero-order valence-electron chi connectivity index (χ0n) is 23.0. The fourth-order valence-electron chi connectivity index (χ4n) is 4.89. The normalized spacial score (nSPS) is 12.0. The third-order valence-electron chi connectivity index (χ3n) is 6.70. The van der Waals surface area contributed by atoms with E-state index in [1.165, 1.54) is 21.9 Å². The number of pyridine rings is 1. The second-order valence-corrected chi connectivity index (χ2v) is 13.2. The summed E-state index contributed by atoms with van der Waals surface area (Å²) in [6.45, 7) is 13.5. The molecule has 0 aliphatic carbocycles. The molecular weight excluding hydrogens is 482 g/mol. The summed E-state index contributed by atoms with van der Waals surface area (Å²) in [5.41, 5.74) is 7.28. The maximum absolute atomic E-state index is 9.87. The van der Waals surface area contributed by atoms with E-state index in [-0.39, 0.29) is 10.8 Å². The number of nitriles is 1. The zero-order valence-corrected chi connectivity index (χ0v) is 23.8. The Morgan fingerprint density at radius 1 is 0.816 bits per heavy atom. The van der Waals surface area contributed by atoms with Gasteiger partial charge in [-0.3, -0.25) is 4.98 Å². The average molecular weight is 516 g/mol. The molecule has 3 nitrogen and oxygen atoms in total. The van der Waals surface area contributed by atoms with Gasteiger partial charge in [0.2, 0.25) is 0 Å². The van der Waals surface area contributed by atoms with Crippen LogP contribution in [0.4, 0.5) is 0 Å². The van der Waals surface area contributed by atoms with Crippen LogP contribution in [0.5, 0.6) is 0 Å². The number of rotatable bonds is 4. The fourth-order valence-corrected chi connectivity index (χ4v) is 5.85. The van der Waals surface area contributed by atoms with Crippen LogP contribution in [0.1, 0.15) is 58.2 Å². The van der Waals surface area contributed by atoms with Gasteiger partial charge in [-0.1, -0.05) is 90.1 Å². The molecule has 0 amide bonds. The second-order valence-electron chi connectivity index (χ2n) is 12.2. The van der Waals surface area contributed by atoms with Gasteiger partial charge in [0.25, 0.3) is 0 Å². The highest BCUT2D eigenvalue weighted by Gasteiger charge is 2.20. The highest BCUT2D eigenvalue weighted by molar-refractivity contribution is 7.18. The van der Waals surface area contributed by atoms with Crippen LogP contribution >= 0.6 is 11.3 Å². The predicted octanol–water partition coefficient (Wildman–Crippen LogP) is 9.45. The molecule has 0 aliphatic heterocycles. The molecule has 0 N–H and O–H groups in total. The van der Waals surface area contributed by atoms with Gasteiger partial charge in [-0.05, 0) is 57.3 Å². The van der Waals surface area contributed by atoms with Crippen LogP contribution in [0.25, 0.3) is 43.0 Å². The lowest BCUT2D eigenvalue weighted by Crippen LogP contribution is -2.12. The van der Waals surface area contributed by atoms with Crippen LogP contribution in [0, 0.1) is 16.7 Å². The standard InChI is InChI=1S/C34H33N3S/c1-33(2,3)18-22-11-13-23(14-12-22)32-37-21-31(38-32)28-17-30(36-20-26(28)19-35)25-15-24-9-7-8-10-27(24)29(16-25)34(4,5)6/h7-17,20-21H,18H2,1-6H3. The van der Waals surface area contributed by atoms with E-state index in [9.17, 15) is 5.26 Å². The average Bonchev–Trinajstić information content (AvgIpc) is 3.37. The molecule has 0 unspecified atom stereocenters. The van der Waals surface area contributed by atoms with Crippen LogP contribution in [-0.2, 0) is 11.8 Å². The molecule has 0 saturated carbocycles. The second kappa shape index (κ2) is 9.82. The summed E-state index contributed by atoms with van der Waals surface area (Å²) < 4.78 is 0. The largest absolute Gasteiger partial charge is 0.255 e. The first-order chi connectivity index (χ1) is 18.0. The maximum Gasteiger partial charge on any atom is 0.123 e. The van der Waals surface area contributed by atoms with E-state index in [2.05, 4.69) is 108 Å². The molecule has 5 rings (SSSR count). The Morgan fingerprint density at radius 2 is 1.55 bits per heavy atom. The molecule has 190 valence electrons. The van der Waals surface area contributed by atoms with Gasteiger partial charge in [-0.2, -0.15) is 5.26 Å². The van der Waals surface area contributed by atoms with E-state index in [4.69, 9.17) is 9.97 Å². The maximum atomic E-state index is 9.87.